The van der Waals surface area contributed by atoms with Gasteiger partial charge in [-0.1, -0.05) is 30.3 Å². The summed E-state index contributed by atoms with van der Waals surface area (Å²) in [5.41, 5.74) is 0.598. The Morgan fingerprint density at radius 3 is 2.39 bits per heavy atom. The number of hydrogen-bond donors (Lipinski definition) is 0. The van der Waals surface area contributed by atoms with Gasteiger partial charge in [-0.05, 0) is 12.5 Å². The molecule has 0 unspecified atom stereocenters. The molecule has 0 saturated carbocycles. The standard InChI is InChI=1S/C12H11Cl2NO3/c1-2-18-11(16)8-10(12(17)15(13)14)9-6-4-3-5-7-9/h3-8H,2H2,1H3/b10-8-. The fraction of sp³-hybridized carbons (Fsp3) is 0.167. The maximum absolute atomic E-state index is 11.8. The Morgan fingerprint density at radius 1 is 1.28 bits per heavy atom. The fourth-order valence-corrected chi connectivity index (χ4v) is 1.46. The summed E-state index contributed by atoms with van der Waals surface area (Å²) in [6.07, 6.45) is 1.07. The summed E-state index contributed by atoms with van der Waals surface area (Å²) >= 11 is 10.8. The van der Waals surface area contributed by atoms with E-state index in [0.717, 1.165) is 6.08 Å². The highest BCUT2D eigenvalue weighted by molar-refractivity contribution is 6.47. The van der Waals surface area contributed by atoms with Crippen molar-refractivity contribution < 1.29 is 14.3 Å². The van der Waals surface area contributed by atoms with Crippen LogP contribution in [0.1, 0.15) is 12.5 Å². The summed E-state index contributed by atoms with van der Waals surface area (Å²) in [6.45, 7) is 1.89. The summed E-state index contributed by atoms with van der Waals surface area (Å²) in [6, 6.07) is 8.58. The molecule has 0 N–H and O–H groups in total. The molecule has 1 amide bonds. The van der Waals surface area contributed by atoms with Gasteiger partial charge in [-0.25, -0.2) is 4.79 Å². The van der Waals surface area contributed by atoms with Gasteiger partial charge in [0.15, 0.2) is 0 Å². The Balaban J connectivity index is 3.11. The van der Waals surface area contributed by atoms with E-state index in [1.54, 1.807) is 37.3 Å². The number of benzene rings is 1. The van der Waals surface area contributed by atoms with E-state index in [1.165, 1.54) is 0 Å². The first kappa shape index (κ1) is 14.5. The van der Waals surface area contributed by atoms with Gasteiger partial charge in [0.05, 0.1) is 12.2 Å². The Kier molecular flexibility index (Phi) is 5.68. The monoisotopic (exact) mass is 287 g/mol. The third-order valence-electron chi connectivity index (χ3n) is 2.02. The summed E-state index contributed by atoms with van der Waals surface area (Å²) in [7, 11) is 0. The van der Waals surface area contributed by atoms with E-state index in [4.69, 9.17) is 28.3 Å². The number of carbonyl (C=O) groups excluding carboxylic acids is 2. The van der Waals surface area contributed by atoms with E-state index in [9.17, 15) is 9.59 Å². The second kappa shape index (κ2) is 7.03. The van der Waals surface area contributed by atoms with E-state index in [1.807, 2.05) is 0 Å². The van der Waals surface area contributed by atoms with Crippen molar-refractivity contribution in [2.24, 2.45) is 0 Å². The second-order valence-electron chi connectivity index (χ2n) is 3.21. The van der Waals surface area contributed by atoms with Crippen LogP contribution in [0.5, 0.6) is 0 Å². The van der Waals surface area contributed by atoms with Gasteiger partial charge in [-0.2, -0.15) is 3.94 Å². The lowest BCUT2D eigenvalue weighted by Gasteiger charge is -2.08. The van der Waals surface area contributed by atoms with E-state index < -0.39 is 11.9 Å². The van der Waals surface area contributed by atoms with E-state index in [0.29, 0.717) is 9.50 Å². The molecular formula is C12H11Cl2NO3. The van der Waals surface area contributed by atoms with Crippen molar-refractivity contribution >= 4 is 41.0 Å². The second-order valence-corrected chi connectivity index (χ2v) is 4.06. The van der Waals surface area contributed by atoms with Gasteiger partial charge in [-0.15, -0.1) is 0 Å². The molecule has 0 aromatic heterocycles. The normalized spacial score (nSPS) is 10.9. The highest BCUT2D eigenvalue weighted by Crippen LogP contribution is 2.19. The number of halogens is 2. The molecule has 0 aliphatic carbocycles. The number of ether oxygens (including phenoxy) is 1. The van der Waals surface area contributed by atoms with Crippen LogP contribution in [-0.4, -0.2) is 22.4 Å². The predicted octanol–water partition coefficient (Wildman–Crippen LogP) is 2.77. The molecule has 0 aliphatic rings. The smallest absolute Gasteiger partial charge is 0.331 e. The zero-order chi connectivity index (χ0) is 13.5. The van der Waals surface area contributed by atoms with Crippen LogP contribution in [0.25, 0.3) is 5.57 Å². The first-order chi connectivity index (χ1) is 8.56. The van der Waals surface area contributed by atoms with Gasteiger partial charge in [0, 0.05) is 29.6 Å². The average molecular weight is 288 g/mol. The lowest BCUT2D eigenvalue weighted by molar-refractivity contribution is -0.137. The molecule has 0 heterocycles. The van der Waals surface area contributed by atoms with Gasteiger partial charge in [-0.3, -0.25) is 4.79 Å². The maximum atomic E-state index is 11.8. The third-order valence-corrected chi connectivity index (χ3v) is 2.32. The predicted molar refractivity (Wildman–Crippen MR) is 69.6 cm³/mol. The summed E-state index contributed by atoms with van der Waals surface area (Å²) in [5, 5.41) is 0. The number of nitrogens with zero attached hydrogens (tertiary/aromatic N) is 1. The highest BCUT2D eigenvalue weighted by Gasteiger charge is 2.18. The molecule has 96 valence electrons. The third kappa shape index (κ3) is 4.05. The first-order valence-corrected chi connectivity index (χ1v) is 5.83. The van der Waals surface area contributed by atoms with Gasteiger partial charge in [0.2, 0.25) is 0 Å². The highest BCUT2D eigenvalue weighted by atomic mass is 35.5. The van der Waals surface area contributed by atoms with Crippen LogP contribution in [0.4, 0.5) is 0 Å². The zero-order valence-corrected chi connectivity index (χ0v) is 11.1. The van der Waals surface area contributed by atoms with Crippen LogP contribution in [0.15, 0.2) is 36.4 Å². The minimum Gasteiger partial charge on any atom is -0.463 e. The van der Waals surface area contributed by atoms with Crippen molar-refractivity contribution in [2.45, 2.75) is 6.92 Å². The Morgan fingerprint density at radius 2 is 1.89 bits per heavy atom. The van der Waals surface area contributed by atoms with Gasteiger partial charge in [0.25, 0.3) is 5.91 Å². The Labute approximate surface area is 115 Å². The first-order valence-electron chi connectivity index (χ1n) is 5.16. The molecule has 0 fully saturated rings. The molecule has 0 saturated heterocycles. The molecule has 0 aliphatic heterocycles. The van der Waals surface area contributed by atoms with Crippen molar-refractivity contribution in [3.05, 3.63) is 42.0 Å². The molecule has 1 rings (SSSR count). The van der Waals surface area contributed by atoms with E-state index in [2.05, 4.69) is 0 Å². The Bertz CT molecular complexity index is 458. The number of amides is 1. The van der Waals surface area contributed by atoms with Crippen LogP contribution in [-0.2, 0) is 14.3 Å². The van der Waals surface area contributed by atoms with Gasteiger partial charge in [0.1, 0.15) is 0 Å². The minimum absolute atomic E-state index is 0.0686. The fourth-order valence-electron chi connectivity index (χ4n) is 1.28. The number of rotatable bonds is 4. The van der Waals surface area contributed by atoms with Gasteiger partial charge < -0.3 is 4.74 Å². The lowest BCUT2D eigenvalue weighted by atomic mass is 10.1. The Hall–Kier alpha value is -1.52. The molecule has 0 radical (unpaired) electrons. The summed E-state index contributed by atoms with van der Waals surface area (Å²) in [5.74, 6) is -1.32. The van der Waals surface area contributed by atoms with Crippen LogP contribution < -0.4 is 0 Å². The van der Waals surface area contributed by atoms with Crippen molar-refractivity contribution in [1.29, 1.82) is 0 Å². The molecule has 4 nitrogen and oxygen atoms in total. The molecule has 0 spiro atoms. The van der Waals surface area contributed by atoms with Gasteiger partial charge >= 0.3 is 5.97 Å². The largest absolute Gasteiger partial charge is 0.463 e. The average Bonchev–Trinajstić information content (AvgIpc) is 2.36. The molecule has 0 bridgehead atoms. The van der Waals surface area contributed by atoms with Crippen molar-refractivity contribution in [2.75, 3.05) is 6.61 Å². The molecule has 1 aromatic rings. The number of hydrogen-bond acceptors (Lipinski definition) is 3. The van der Waals surface area contributed by atoms with Crippen molar-refractivity contribution in [3.8, 4) is 0 Å². The number of carbonyl (C=O) groups is 2. The van der Waals surface area contributed by atoms with E-state index in [-0.39, 0.29) is 12.2 Å². The molecule has 0 atom stereocenters. The maximum Gasteiger partial charge on any atom is 0.331 e. The molecule has 18 heavy (non-hydrogen) atoms. The SMILES string of the molecule is CCOC(=O)/C=C(\C(=O)N(Cl)Cl)c1ccccc1. The van der Waals surface area contributed by atoms with Crippen LogP contribution in [0.2, 0.25) is 0 Å². The van der Waals surface area contributed by atoms with Crippen molar-refractivity contribution in [3.63, 3.8) is 0 Å². The zero-order valence-electron chi connectivity index (χ0n) is 9.60. The minimum atomic E-state index is -0.697. The summed E-state index contributed by atoms with van der Waals surface area (Å²) < 4.78 is 5.12. The van der Waals surface area contributed by atoms with Crippen LogP contribution >= 0.6 is 23.6 Å². The molecular weight excluding hydrogens is 277 g/mol. The van der Waals surface area contributed by atoms with Crippen LogP contribution in [0, 0.1) is 0 Å². The topological polar surface area (TPSA) is 46.6 Å². The van der Waals surface area contributed by atoms with E-state index >= 15 is 0 Å². The quantitative estimate of drug-likeness (QED) is 0.486. The molecule has 1 aromatic carbocycles. The summed E-state index contributed by atoms with van der Waals surface area (Å²) in [4.78, 5) is 23.2. The van der Waals surface area contributed by atoms with Crippen LogP contribution in [0.3, 0.4) is 0 Å². The number of esters is 1. The molecule has 6 heteroatoms. The lowest BCUT2D eigenvalue weighted by Crippen LogP contribution is -2.15. The van der Waals surface area contributed by atoms with Crippen molar-refractivity contribution in [1.82, 2.24) is 3.94 Å².